The van der Waals surface area contributed by atoms with E-state index in [4.69, 9.17) is 0 Å². The van der Waals surface area contributed by atoms with Gasteiger partial charge in [0.1, 0.15) is 0 Å². The summed E-state index contributed by atoms with van der Waals surface area (Å²) in [5, 5.41) is 6.54. The molecule has 5 nitrogen and oxygen atoms in total. The molecule has 0 aromatic heterocycles. The van der Waals surface area contributed by atoms with Crippen LogP contribution < -0.4 is 15.5 Å². The first-order valence-electron chi connectivity index (χ1n) is 11.3. The molecule has 0 radical (unpaired) electrons. The van der Waals surface area contributed by atoms with Gasteiger partial charge in [-0.1, -0.05) is 54.6 Å². The molecule has 1 aliphatic carbocycles. The van der Waals surface area contributed by atoms with Crippen LogP contribution in [-0.4, -0.2) is 37.0 Å². The first-order chi connectivity index (χ1) is 15.2. The van der Waals surface area contributed by atoms with Crippen molar-refractivity contribution in [1.82, 2.24) is 10.6 Å². The monoisotopic (exact) mass is 415 g/mol. The predicted molar refractivity (Wildman–Crippen MR) is 122 cm³/mol. The number of fused-ring (bicyclic) bond motifs is 2. The molecular formula is C26H29N3O2. The van der Waals surface area contributed by atoms with Crippen LogP contribution in [0.25, 0.3) is 0 Å². The van der Waals surface area contributed by atoms with Gasteiger partial charge >= 0.3 is 0 Å². The fourth-order valence-electron chi connectivity index (χ4n) is 4.94. The van der Waals surface area contributed by atoms with Crippen molar-refractivity contribution in [1.29, 1.82) is 0 Å². The molecule has 2 N–H and O–H groups in total. The summed E-state index contributed by atoms with van der Waals surface area (Å²) in [4.78, 5) is 27.6. The number of aryl methyl sites for hydroxylation is 1. The SMILES string of the molecule is O=C(N[C@H](/C=C/C(=O)N1CCc2ccccc21)CCc1ccccc1)C1NC[C@@H]2CC12. The number of carbonyl (C=O) groups excluding carboxylic acids is 2. The zero-order valence-corrected chi connectivity index (χ0v) is 17.7. The number of hydrogen-bond acceptors (Lipinski definition) is 3. The average Bonchev–Trinajstić information content (AvgIpc) is 3.25. The second-order valence-electron chi connectivity index (χ2n) is 8.91. The van der Waals surface area contributed by atoms with Crippen LogP contribution in [0.2, 0.25) is 0 Å². The molecule has 1 saturated carbocycles. The lowest BCUT2D eigenvalue weighted by Gasteiger charge is -2.20. The topological polar surface area (TPSA) is 61.4 Å². The Morgan fingerprint density at radius 2 is 1.94 bits per heavy atom. The van der Waals surface area contributed by atoms with Crippen molar-refractivity contribution in [3.8, 4) is 0 Å². The molecule has 5 rings (SSSR count). The van der Waals surface area contributed by atoms with Gasteiger partial charge in [-0.3, -0.25) is 9.59 Å². The number of amides is 2. The molecule has 1 saturated heterocycles. The van der Waals surface area contributed by atoms with Crippen LogP contribution in [-0.2, 0) is 22.4 Å². The van der Waals surface area contributed by atoms with Gasteiger partial charge in [-0.2, -0.15) is 0 Å². The Morgan fingerprint density at radius 1 is 1.13 bits per heavy atom. The molecule has 3 aliphatic rings. The van der Waals surface area contributed by atoms with E-state index in [-0.39, 0.29) is 23.9 Å². The molecule has 2 aliphatic heterocycles. The quantitative estimate of drug-likeness (QED) is 0.684. The Morgan fingerprint density at radius 3 is 2.71 bits per heavy atom. The van der Waals surface area contributed by atoms with E-state index in [9.17, 15) is 9.59 Å². The zero-order chi connectivity index (χ0) is 21.2. The number of rotatable bonds is 7. The lowest BCUT2D eigenvalue weighted by molar-refractivity contribution is -0.123. The highest BCUT2D eigenvalue weighted by Gasteiger charge is 2.51. The highest BCUT2D eigenvalue weighted by atomic mass is 16.2. The Hall–Kier alpha value is -2.92. The number of nitrogens with zero attached hydrogens (tertiary/aromatic N) is 1. The summed E-state index contributed by atoms with van der Waals surface area (Å²) in [6.45, 7) is 1.65. The van der Waals surface area contributed by atoms with Gasteiger partial charge in [-0.15, -0.1) is 0 Å². The molecule has 2 fully saturated rings. The van der Waals surface area contributed by atoms with Crippen LogP contribution in [0, 0.1) is 11.8 Å². The van der Waals surface area contributed by atoms with Gasteiger partial charge in [0.05, 0.1) is 6.04 Å². The maximum atomic E-state index is 12.9. The van der Waals surface area contributed by atoms with Gasteiger partial charge in [0, 0.05) is 24.4 Å². The third-order valence-corrected chi connectivity index (χ3v) is 6.83. The van der Waals surface area contributed by atoms with Gasteiger partial charge in [-0.25, -0.2) is 0 Å². The lowest BCUT2D eigenvalue weighted by Crippen LogP contribution is -2.46. The largest absolute Gasteiger partial charge is 0.349 e. The molecule has 2 unspecified atom stereocenters. The highest BCUT2D eigenvalue weighted by molar-refractivity contribution is 6.03. The van der Waals surface area contributed by atoms with E-state index in [1.54, 1.807) is 6.08 Å². The summed E-state index contributed by atoms with van der Waals surface area (Å²) in [6, 6.07) is 18.1. The molecule has 2 aromatic rings. The third-order valence-electron chi connectivity index (χ3n) is 6.83. The van der Waals surface area contributed by atoms with Crippen molar-refractivity contribution in [3.05, 3.63) is 77.9 Å². The fourth-order valence-corrected chi connectivity index (χ4v) is 4.94. The fraction of sp³-hybridized carbons (Fsp3) is 0.385. The molecular weight excluding hydrogens is 386 g/mol. The number of nitrogens with one attached hydrogen (secondary N) is 2. The smallest absolute Gasteiger partial charge is 0.250 e. The Balaban J connectivity index is 1.26. The Bertz CT molecular complexity index is 987. The van der Waals surface area contributed by atoms with E-state index in [0.717, 1.165) is 37.9 Å². The molecule has 4 atom stereocenters. The molecule has 0 spiro atoms. The van der Waals surface area contributed by atoms with Gasteiger partial charge < -0.3 is 15.5 Å². The summed E-state index contributed by atoms with van der Waals surface area (Å²) in [7, 11) is 0. The Labute approximate surface area is 183 Å². The van der Waals surface area contributed by atoms with E-state index in [2.05, 4.69) is 28.8 Å². The van der Waals surface area contributed by atoms with Gasteiger partial charge in [0.15, 0.2) is 0 Å². The number of anilines is 1. The van der Waals surface area contributed by atoms with E-state index in [0.29, 0.717) is 18.4 Å². The normalized spacial score (nSPS) is 24.6. The molecule has 2 amide bonds. The maximum Gasteiger partial charge on any atom is 0.250 e. The van der Waals surface area contributed by atoms with Crippen molar-refractivity contribution in [2.24, 2.45) is 11.8 Å². The molecule has 2 aromatic carbocycles. The molecule has 31 heavy (non-hydrogen) atoms. The number of para-hydroxylation sites is 1. The average molecular weight is 416 g/mol. The number of piperidine rings is 1. The first-order valence-corrected chi connectivity index (χ1v) is 11.3. The maximum absolute atomic E-state index is 12.9. The second kappa shape index (κ2) is 8.67. The van der Waals surface area contributed by atoms with Gasteiger partial charge in [-0.05, 0) is 61.3 Å². The summed E-state index contributed by atoms with van der Waals surface area (Å²) >= 11 is 0. The van der Waals surface area contributed by atoms with Crippen LogP contribution in [0.15, 0.2) is 66.7 Å². The minimum Gasteiger partial charge on any atom is -0.349 e. The summed E-state index contributed by atoms with van der Waals surface area (Å²) in [6.07, 6.45) is 7.17. The van der Waals surface area contributed by atoms with E-state index in [1.807, 2.05) is 47.4 Å². The van der Waals surface area contributed by atoms with Gasteiger partial charge in [0.2, 0.25) is 5.91 Å². The van der Waals surface area contributed by atoms with Crippen molar-refractivity contribution in [2.45, 2.75) is 37.8 Å². The first kappa shape index (κ1) is 20.0. The second-order valence-corrected chi connectivity index (χ2v) is 8.91. The van der Waals surface area contributed by atoms with Crippen LogP contribution in [0.5, 0.6) is 0 Å². The van der Waals surface area contributed by atoms with E-state index < -0.39 is 0 Å². The van der Waals surface area contributed by atoms with Crippen LogP contribution in [0.1, 0.15) is 24.0 Å². The molecule has 5 heteroatoms. The molecule has 2 heterocycles. The van der Waals surface area contributed by atoms with Crippen LogP contribution >= 0.6 is 0 Å². The van der Waals surface area contributed by atoms with Crippen LogP contribution in [0.3, 0.4) is 0 Å². The van der Waals surface area contributed by atoms with Crippen molar-refractivity contribution in [3.63, 3.8) is 0 Å². The number of hydrogen-bond donors (Lipinski definition) is 2. The van der Waals surface area contributed by atoms with Crippen molar-refractivity contribution >= 4 is 17.5 Å². The molecule has 160 valence electrons. The lowest BCUT2D eigenvalue weighted by atomic mass is 10.0. The van der Waals surface area contributed by atoms with Gasteiger partial charge in [0.25, 0.3) is 5.91 Å². The Kier molecular flexibility index (Phi) is 5.60. The predicted octanol–water partition coefficient (Wildman–Crippen LogP) is 2.86. The van der Waals surface area contributed by atoms with E-state index in [1.165, 1.54) is 11.1 Å². The van der Waals surface area contributed by atoms with Crippen molar-refractivity contribution < 1.29 is 9.59 Å². The summed E-state index contributed by atoms with van der Waals surface area (Å²) in [5.74, 6) is 1.20. The number of carbonyl (C=O) groups is 2. The highest BCUT2D eigenvalue weighted by Crippen LogP contribution is 2.45. The third kappa shape index (κ3) is 4.42. The minimum atomic E-state index is -0.172. The standard InChI is InChI=1S/C26H29N3O2/c30-24(29-15-14-19-8-4-5-9-23(19)29)13-12-21(11-10-18-6-2-1-3-7-18)28-26(31)25-22-16-20(22)17-27-25/h1-9,12-13,20-22,25,27H,10-11,14-17H2,(H,28,31)/b13-12+/t20-,21-,22?,25?/m0/s1. The van der Waals surface area contributed by atoms with E-state index >= 15 is 0 Å². The van der Waals surface area contributed by atoms with Crippen LogP contribution in [0.4, 0.5) is 5.69 Å². The van der Waals surface area contributed by atoms with Crippen molar-refractivity contribution in [2.75, 3.05) is 18.0 Å². The summed E-state index contributed by atoms with van der Waals surface area (Å²) in [5.41, 5.74) is 3.44. The molecule has 0 bridgehead atoms. The number of benzene rings is 2. The zero-order valence-electron chi connectivity index (χ0n) is 17.7. The summed E-state index contributed by atoms with van der Waals surface area (Å²) < 4.78 is 0. The minimum absolute atomic E-state index is 0.0230.